The van der Waals surface area contributed by atoms with Gasteiger partial charge in [0.1, 0.15) is 12.4 Å². The average Bonchev–Trinajstić information content (AvgIpc) is 3.01. The third kappa shape index (κ3) is 3.69. The first-order chi connectivity index (χ1) is 11.5. The zero-order valence-electron chi connectivity index (χ0n) is 13.3. The summed E-state index contributed by atoms with van der Waals surface area (Å²) < 4.78 is 16.2. The van der Waals surface area contributed by atoms with Crippen molar-refractivity contribution in [1.29, 1.82) is 0 Å². The SMILES string of the molecule is COc1cc(CN2CC(O)C2)ccc1OCc1ccc(C(=O)O)o1. The van der Waals surface area contributed by atoms with Crippen LogP contribution in [-0.4, -0.2) is 47.4 Å². The summed E-state index contributed by atoms with van der Waals surface area (Å²) in [6.45, 7) is 2.23. The van der Waals surface area contributed by atoms with Gasteiger partial charge in [-0.15, -0.1) is 0 Å². The highest BCUT2D eigenvalue weighted by Gasteiger charge is 2.24. The lowest BCUT2D eigenvalue weighted by Gasteiger charge is -2.35. The lowest BCUT2D eigenvalue weighted by Crippen LogP contribution is -2.49. The van der Waals surface area contributed by atoms with Gasteiger partial charge in [-0.2, -0.15) is 0 Å². The molecule has 1 aromatic carbocycles. The van der Waals surface area contributed by atoms with Gasteiger partial charge in [-0.3, -0.25) is 4.90 Å². The molecule has 1 aliphatic heterocycles. The Bertz CT molecular complexity index is 720. The minimum absolute atomic E-state index is 0.112. The first-order valence-electron chi connectivity index (χ1n) is 7.57. The number of carboxylic acids is 1. The van der Waals surface area contributed by atoms with Crippen LogP contribution in [-0.2, 0) is 13.2 Å². The van der Waals surface area contributed by atoms with Crippen LogP contribution in [0.15, 0.2) is 34.7 Å². The van der Waals surface area contributed by atoms with Crippen molar-refractivity contribution >= 4 is 5.97 Å². The summed E-state index contributed by atoms with van der Waals surface area (Å²) >= 11 is 0. The molecule has 1 fully saturated rings. The van der Waals surface area contributed by atoms with Gasteiger partial charge in [0.15, 0.2) is 11.5 Å². The number of β-amino-alcohol motifs (C(OH)–C–C–N with tert-alkyl or cyclic N) is 1. The Morgan fingerprint density at radius 1 is 1.29 bits per heavy atom. The van der Waals surface area contributed by atoms with Gasteiger partial charge in [0.25, 0.3) is 0 Å². The number of hydrogen-bond acceptors (Lipinski definition) is 6. The zero-order valence-corrected chi connectivity index (χ0v) is 13.3. The first kappa shape index (κ1) is 16.4. The number of aromatic carboxylic acids is 1. The Balaban J connectivity index is 1.62. The number of aliphatic hydroxyl groups excluding tert-OH is 1. The number of methoxy groups -OCH3 is 1. The molecule has 2 heterocycles. The fourth-order valence-electron chi connectivity index (χ4n) is 2.58. The van der Waals surface area contributed by atoms with Gasteiger partial charge in [0.2, 0.25) is 5.76 Å². The number of aliphatic hydroxyl groups is 1. The molecular formula is C17H19NO6. The van der Waals surface area contributed by atoms with E-state index >= 15 is 0 Å². The molecule has 1 aliphatic rings. The fraction of sp³-hybridized carbons (Fsp3) is 0.353. The summed E-state index contributed by atoms with van der Waals surface area (Å²) in [5, 5.41) is 18.2. The number of likely N-dealkylation sites (tertiary alicyclic amines) is 1. The van der Waals surface area contributed by atoms with E-state index in [-0.39, 0.29) is 18.5 Å². The third-order valence-electron chi connectivity index (χ3n) is 3.81. The van der Waals surface area contributed by atoms with Gasteiger partial charge in [0, 0.05) is 19.6 Å². The predicted octanol–water partition coefficient (Wildman–Crippen LogP) is 1.74. The summed E-state index contributed by atoms with van der Waals surface area (Å²) in [5.41, 5.74) is 1.07. The minimum atomic E-state index is -1.11. The number of ether oxygens (including phenoxy) is 2. The van der Waals surface area contributed by atoms with E-state index in [1.54, 1.807) is 13.2 Å². The van der Waals surface area contributed by atoms with Crippen LogP contribution in [0.25, 0.3) is 0 Å². The molecule has 0 radical (unpaired) electrons. The Kier molecular flexibility index (Phi) is 4.73. The van der Waals surface area contributed by atoms with Crippen LogP contribution in [0, 0.1) is 0 Å². The molecule has 2 aromatic rings. The second kappa shape index (κ2) is 6.94. The van der Waals surface area contributed by atoms with E-state index in [0.29, 0.717) is 30.3 Å². The van der Waals surface area contributed by atoms with Crippen LogP contribution in [0.5, 0.6) is 11.5 Å². The lowest BCUT2D eigenvalue weighted by molar-refractivity contribution is -0.00290. The Morgan fingerprint density at radius 3 is 2.71 bits per heavy atom. The summed E-state index contributed by atoms with van der Waals surface area (Å²) in [5.74, 6) is 0.344. The number of hydrogen-bond donors (Lipinski definition) is 2. The maximum Gasteiger partial charge on any atom is 0.371 e. The molecular weight excluding hydrogens is 314 g/mol. The van der Waals surface area contributed by atoms with Crippen LogP contribution in [0.3, 0.4) is 0 Å². The normalized spacial score (nSPS) is 15.1. The van der Waals surface area contributed by atoms with Crippen molar-refractivity contribution in [3.05, 3.63) is 47.4 Å². The summed E-state index contributed by atoms with van der Waals surface area (Å²) in [7, 11) is 1.56. The van der Waals surface area contributed by atoms with Crippen molar-refractivity contribution in [2.24, 2.45) is 0 Å². The topological polar surface area (TPSA) is 92.4 Å². The van der Waals surface area contributed by atoms with Gasteiger partial charge >= 0.3 is 5.97 Å². The summed E-state index contributed by atoms with van der Waals surface area (Å²) in [6, 6.07) is 8.60. The van der Waals surface area contributed by atoms with Crippen molar-refractivity contribution in [1.82, 2.24) is 4.90 Å². The lowest BCUT2D eigenvalue weighted by atomic mass is 10.1. The number of carboxylic acid groups (broad SMARTS) is 1. The Morgan fingerprint density at radius 2 is 2.08 bits per heavy atom. The van der Waals surface area contributed by atoms with Crippen molar-refractivity contribution in [3.8, 4) is 11.5 Å². The third-order valence-corrected chi connectivity index (χ3v) is 3.81. The Labute approximate surface area is 139 Å². The predicted molar refractivity (Wildman–Crippen MR) is 84.3 cm³/mol. The van der Waals surface area contributed by atoms with Gasteiger partial charge in [0.05, 0.1) is 13.2 Å². The molecule has 1 aromatic heterocycles. The maximum absolute atomic E-state index is 10.8. The van der Waals surface area contributed by atoms with Crippen LogP contribution in [0.2, 0.25) is 0 Å². The molecule has 0 saturated carbocycles. The van der Waals surface area contributed by atoms with Crippen molar-refractivity contribution in [3.63, 3.8) is 0 Å². The minimum Gasteiger partial charge on any atom is -0.493 e. The maximum atomic E-state index is 10.8. The number of carbonyl (C=O) groups is 1. The average molecular weight is 333 g/mol. The van der Waals surface area contributed by atoms with Crippen molar-refractivity contribution < 1.29 is 28.9 Å². The van der Waals surface area contributed by atoms with E-state index in [9.17, 15) is 9.90 Å². The second-order valence-corrected chi connectivity index (χ2v) is 5.69. The van der Waals surface area contributed by atoms with Crippen LogP contribution in [0.4, 0.5) is 0 Å². The molecule has 7 nitrogen and oxygen atoms in total. The largest absolute Gasteiger partial charge is 0.493 e. The van der Waals surface area contributed by atoms with Gasteiger partial charge in [-0.25, -0.2) is 4.79 Å². The number of rotatable bonds is 7. The molecule has 2 N–H and O–H groups in total. The van der Waals surface area contributed by atoms with Gasteiger partial charge < -0.3 is 24.1 Å². The molecule has 0 atom stereocenters. The van der Waals surface area contributed by atoms with E-state index < -0.39 is 5.97 Å². The summed E-state index contributed by atoms with van der Waals surface area (Å²) in [6.07, 6.45) is -0.224. The van der Waals surface area contributed by atoms with Crippen molar-refractivity contribution in [2.75, 3.05) is 20.2 Å². The van der Waals surface area contributed by atoms with Crippen molar-refractivity contribution in [2.45, 2.75) is 19.3 Å². The Hall–Kier alpha value is -2.51. The molecule has 0 amide bonds. The molecule has 0 spiro atoms. The number of nitrogens with zero attached hydrogens (tertiary/aromatic N) is 1. The van der Waals surface area contributed by atoms with E-state index in [1.165, 1.54) is 6.07 Å². The molecule has 0 bridgehead atoms. The van der Waals surface area contributed by atoms with Crippen LogP contribution in [0.1, 0.15) is 21.9 Å². The number of furan rings is 1. The molecule has 1 saturated heterocycles. The first-order valence-corrected chi connectivity index (χ1v) is 7.57. The molecule has 3 rings (SSSR count). The highest BCUT2D eigenvalue weighted by atomic mass is 16.5. The highest BCUT2D eigenvalue weighted by molar-refractivity contribution is 5.84. The summed E-state index contributed by atoms with van der Waals surface area (Å²) in [4.78, 5) is 12.9. The molecule has 0 aliphatic carbocycles. The quantitative estimate of drug-likeness (QED) is 0.797. The van der Waals surface area contributed by atoms with Crippen LogP contribution < -0.4 is 9.47 Å². The van der Waals surface area contributed by atoms with Crippen LogP contribution >= 0.6 is 0 Å². The van der Waals surface area contributed by atoms with E-state index in [1.807, 2.05) is 18.2 Å². The number of benzene rings is 1. The molecule has 24 heavy (non-hydrogen) atoms. The fourth-order valence-corrected chi connectivity index (χ4v) is 2.58. The molecule has 128 valence electrons. The van der Waals surface area contributed by atoms with E-state index in [0.717, 1.165) is 12.1 Å². The van der Waals surface area contributed by atoms with E-state index in [2.05, 4.69) is 4.90 Å². The standard InChI is InChI=1S/C17H19NO6/c1-22-16-6-11(7-18-8-12(19)9-18)2-4-14(16)23-10-13-3-5-15(24-13)17(20)21/h2-6,12,19H,7-10H2,1H3,(H,20,21). The molecule has 0 unspecified atom stereocenters. The monoisotopic (exact) mass is 333 g/mol. The van der Waals surface area contributed by atoms with Gasteiger partial charge in [-0.1, -0.05) is 6.07 Å². The zero-order chi connectivity index (χ0) is 17.1. The van der Waals surface area contributed by atoms with Gasteiger partial charge in [-0.05, 0) is 29.8 Å². The highest BCUT2D eigenvalue weighted by Crippen LogP contribution is 2.30. The molecule has 7 heteroatoms. The van der Waals surface area contributed by atoms with E-state index in [4.69, 9.17) is 19.0 Å². The second-order valence-electron chi connectivity index (χ2n) is 5.69. The smallest absolute Gasteiger partial charge is 0.371 e.